The Bertz CT molecular complexity index is 212. The van der Waals surface area contributed by atoms with Gasteiger partial charge in [0.25, 0.3) is 23.5 Å². The van der Waals surface area contributed by atoms with Crippen molar-refractivity contribution in [3.8, 4) is 0 Å². The molecular formula is H10NaO13P3. The van der Waals surface area contributed by atoms with Crippen LogP contribution in [0.1, 0.15) is 2.85 Å². The maximum absolute atomic E-state index is 8.77. The molecule has 0 fully saturated rings. The van der Waals surface area contributed by atoms with Crippen molar-refractivity contribution in [2.45, 2.75) is 0 Å². The van der Waals surface area contributed by atoms with Crippen LogP contribution in [0.3, 0.4) is 0 Å². The molecule has 0 radical (unpaired) electrons. The molecule has 0 spiro atoms. The Labute approximate surface area is 119 Å². The normalized spacial score (nSPS) is 10.4. The molecule has 0 aliphatic rings. The van der Waals surface area contributed by atoms with Crippen molar-refractivity contribution in [2.75, 3.05) is 0 Å². The molecule has 13 nitrogen and oxygen atoms in total. The summed E-state index contributed by atoms with van der Waals surface area (Å²) < 4.78 is 26.3. The molecule has 0 unspecified atom stereocenters. The fourth-order valence-electron chi connectivity index (χ4n) is 0. The van der Waals surface area contributed by atoms with Crippen LogP contribution in [0.15, 0.2) is 0 Å². The second kappa shape index (κ2) is 12.3. The van der Waals surface area contributed by atoms with Crippen LogP contribution in [0, 0.1) is 0 Å². The van der Waals surface area contributed by atoms with Gasteiger partial charge in [-0.05, 0) is 0 Å². The average molecular weight is 334 g/mol. The van der Waals surface area contributed by atoms with Crippen LogP contribution in [0.2, 0.25) is 0 Å². The molecular weight excluding hydrogens is 324 g/mol. The Morgan fingerprint density at radius 1 is 0.647 bits per heavy atom. The quantitative estimate of drug-likeness (QED) is 0.178. The zero-order valence-corrected chi connectivity index (χ0v) is 12.7. The summed E-state index contributed by atoms with van der Waals surface area (Å²) in [5.74, 6) is 0. The Hall–Kier alpha value is 1.29. The summed E-state index contributed by atoms with van der Waals surface area (Å²) >= 11 is 0. The first kappa shape index (κ1) is 31.0. The van der Waals surface area contributed by atoms with Crippen LogP contribution in [0.5, 0.6) is 0 Å². The van der Waals surface area contributed by atoms with E-state index in [-0.39, 0.29) is 37.9 Å². The van der Waals surface area contributed by atoms with Crippen LogP contribution < -0.4 is 44.2 Å². The summed E-state index contributed by atoms with van der Waals surface area (Å²) in [6.45, 7) is 0. The predicted molar refractivity (Wildman–Crippen MR) is 42.0 cm³/mol. The molecule has 8 N–H and O–H groups in total. The summed E-state index contributed by atoms with van der Waals surface area (Å²) in [6.07, 6.45) is 0. The molecule has 17 heavy (non-hydrogen) atoms. The second-order valence-corrected chi connectivity index (χ2v) is 4.42. The van der Waals surface area contributed by atoms with Gasteiger partial charge in [-0.1, -0.05) is 0 Å². The molecule has 0 heterocycles. The van der Waals surface area contributed by atoms with E-state index < -0.39 is 23.5 Å². The molecule has 0 aliphatic carbocycles. The van der Waals surface area contributed by atoms with Gasteiger partial charge in [-0.25, -0.2) is 0 Å². The Balaban J connectivity index is -0.0000000206. The Morgan fingerprint density at radius 2 is 0.647 bits per heavy atom. The van der Waals surface area contributed by atoms with Gasteiger partial charge in [-0.2, -0.15) is 0 Å². The van der Waals surface area contributed by atoms with Gasteiger partial charge in [0.05, 0.1) is 0 Å². The molecule has 0 atom stereocenters. The molecule has 0 aromatic heterocycles. The average Bonchev–Trinajstić information content (AvgIpc) is 1.41. The molecule has 104 valence electrons. The molecule has 0 saturated carbocycles. The smallest absolute Gasteiger partial charge is 0.756 e. The van der Waals surface area contributed by atoms with Gasteiger partial charge in [0.1, 0.15) is 0 Å². The first-order valence-electron chi connectivity index (χ1n) is 2.30. The van der Waals surface area contributed by atoms with Gasteiger partial charge in [0.2, 0.25) is 0 Å². The molecule has 0 bridgehead atoms. The van der Waals surface area contributed by atoms with Crippen LogP contribution in [0.4, 0.5) is 0 Å². The van der Waals surface area contributed by atoms with E-state index in [0.717, 1.165) is 0 Å². The van der Waals surface area contributed by atoms with E-state index in [9.17, 15) is 0 Å². The van der Waals surface area contributed by atoms with Crippen LogP contribution in [-0.2, 0) is 13.7 Å². The summed E-state index contributed by atoms with van der Waals surface area (Å²) in [5.41, 5.74) is 0. The van der Waals surface area contributed by atoms with E-state index in [4.69, 9.17) is 57.7 Å². The summed E-state index contributed by atoms with van der Waals surface area (Å²) in [6, 6.07) is 0. The van der Waals surface area contributed by atoms with Crippen LogP contribution in [0.25, 0.3) is 0 Å². The van der Waals surface area contributed by atoms with Gasteiger partial charge in [0, 0.05) is 0 Å². The summed E-state index contributed by atoms with van der Waals surface area (Å²) in [5, 5.41) is 0. The van der Waals surface area contributed by atoms with Crippen LogP contribution >= 0.6 is 23.5 Å². The minimum atomic E-state index is -4.89. The van der Waals surface area contributed by atoms with Crippen molar-refractivity contribution in [1.29, 1.82) is 0 Å². The minimum absolute atomic E-state index is 0. The zero-order valence-electron chi connectivity index (χ0n) is 9.97. The Morgan fingerprint density at radius 3 is 0.647 bits per heavy atom. The van der Waals surface area contributed by atoms with Gasteiger partial charge in [-0.3, -0.25) is 13.7 Å². The van der Waals surface area contributed by atoms with E-state index in [1.807, 2.05) is 0 Å². The van der Waals surface area contributed by atoms with Crippen molar-refractivity contribution in [1.82, 2.24) is 0 Å². The molecule has 17 heteroatoms. The van der Waals surface area contributed by atoms with E-state index in [1.165, 1.54) is 0 Å². The first-order chi connectivity index (χ1) is 6.00. The third kappa shape index (κ3) is 2430. The maximum atomic E-state index is 8.77. The largest absolute Gasteiger partial charge is 1.00 e. The molecule has 0 aromatic rings. The predicted octanol–water partition coefficient (Wildman–Crippen LogP) is -8.28. The van der Waals surface area contributed by atoms with E-state index in [0.29, 0.717) is 0 Å². The number of phosphoric acid groups is 3. The van der Waals surface area contributed by atoms with Crippen LogP contribution in [-0.4, -0.2) is 34.8 Å². The SMILES string of the molecule is O.O=P([O-])(O)O.O=P([O-])(O)O.O=P([O-])(O)O.[H+].[H+].[Na+]. The topological polar surface area (TPSA) is 273 Å². The number of hydrogen-bond donors (Lipinski definition) is 6. The van der Waals surface area contributed by atoms with Gasteiger partial charge >= 0.3 is 32.4 Å². The van der Waals surface area contributed by atoms with E-state index in [1.54, 1.807) is 0 Å². The number of hydrogen-bond acceptors (Lipinski definition) is 6. The van der Waals surface area contributed by atoms with Crippen molar-refractivity contribution < 1.29 is 95.6 Å². The third-order valence-corrected chi connectivity index (χ3v) is 0. The molecule has 0 aromatic carbocycles. The number of rotatable bonds is 0. The van der Waals surface area contributed by atoms with Crippen molar-refractivity contribution >= 4 is 23.5 Å². The van der Waals surface area contributed by atoms with E-state index in [2.05, 4.69) is 0 Å². The fourth-order valence-corrected chi connectivity index (χ4v) is 0. The standard InChI is InChI=1S/Na.3H3O4P.H2O/c;3*1-5(2,3)4;/h;3*(H3,1,2,3,4);1H2/q+1;;;;/p-1. The van der Waals surface area contributed by atoms with Gasteiger partial charge < -0.3 is 49.5 Å². The van der Waals surface area contributed by atoms with Crippen molar-refractivity contribution in [3.05, 3.63) is 0 Å². The molecule has 0 amide bonds. The second-order valence-electron chi connectivity index (χ2n) is 1.47. The monoisotopic (exact) mass is 334 g/mol. The Kier molecular flexibility index (Phi) is 22.5. The molecule has 0 saturated heterocycles. The summed E-state index contributed by atoms with van der Waals surface area (Å²) in [7, 11) is -14.7. The fraction of sp³-hybridized carbons (Fsp3) is 0. The summed E-state index contributed by atoms with van der Waals surface area (Å²) in [4.78, 5) is 68.8. The third-order valence-electron chi connectivity index (χ3n) is 0. The molecule has 0 rings (SSSR count). The van der Waals surface area contributed by atoms with Gasteiger partial charge in [0.15, 0.2) is 0 Å². The van der Waals surface area contributed by atoms with Gasteiger partial charge in [-0.15, -0.1) is 0 Å². The maximum Gasteiger partial charge on any atom is 1.00 e. The van der Waals surface area contributed by atoms with Crippen molar-refractivity contribution in [3.63, 3.8) is 0 Å². The molecule has 0 aliphatic heterocycles. The van der Waals surface area contributed by atoms with Crippen molar-refractivity contribution in [2.24, 2.45) is 0 Å². The minimum Gasteiger partial charge on any atom is -0.756 e. The zero-order chi connectivity index (χ0) is 13.5. The first-order valence-corrected chi connectivity index (χ1v) is 6.89. The van der Waals surface area contributed by atoms with E-state index >= 15 is 0 Å².